The van der Waals surface area contributed by atoms with E-state index in [1.807, 2.05) is 47.8 Å². The molecule has 0 N–H and O–H groups in total. The van der Waals surface area contributed by atoms with E-state index in [-0.39, 0.29) is 5.91 Å². The van der Waals surface area contributed by atoms with Crippen molar-refractivity contribution in [3.8, 4) is 29.0 Å². The zero-order valence-electron chi connectivity index (χ0n) is 20.9. The predicted molar refractivity (Wildman–Crippen MR) is 140 cm³/mol. The molecule has 1 aromatic heterocycles. The summed E-state index contributed by atoms with van der Waals surface area (Å²) in [5.74, 6) is 4.61. The number of piperazine rings is 1. The van der Waals surface area contributed by atoms with Gasteiger partial charge in [-0.3, -0.25) is 9.69 Å². The number of hydrogen-bond acceptors (Lipinski definition) is 5. The number of hydrogen-bond donors (Lipinski definition) is 0. The molecule has 4 heterocycles. The van der Waals surface area contributed by atoms with Gasteiger partial charge in [0.1, 0.15) is 25.6 Å². The maximum Gasteiger partial charge on any atom is 0.237 e. The van der Waals surface area contributed by atoms with Crippen molar-refractivity contribution in [2.24, 2.45) is 0 Å². The Labute approximate surface area is 212 Å². The van der Waals surface area contributed by atoms with Gasteiger partial charge in [0.15, 0.2) is 0 Å². The van der Waals surface area contributed by atoms with Crippen LogP contribution in [0.15, 0.2) is 48.9 Å². The third-order valence-corrected chi connectivity index (χ3v) is 7.21. The topological polar surface area (TPSA) is 74.4 Å². The largest absolute Gasteiger partial charge is 0.456 e. The fourth-order valence-corrected chi connectivity index (χ4v) is 4.93. The van der Waals surface area contributed by atoms with Crippen molar-refractivity contribution in [2.45, 2.75) is 39.3 Å². The van der Waals surface area contributed by atoms with Crippen LogP contribution in [0.2, 0.25) is 19.6 Å². The van der Waals surface area contributed by atoms with E-state index in [0.29, 0.717) is 49.8 Å². The van der Waals surface area contributed by atoms with Gasteiger partial charge in [0.05, 0.1) is 24.1 Å². The van der Waals surface area contributed by atoms with Gasteiger partial charge in [-0.2, -0.15) is 5.26 Å². The third kappa shape index (κ3) is 5.36. The third-order valence-electron chi connectivity index (χ3n) is 6.34. The number of carbonyl (C=O) groups is 1. The minimum Gasteiger partial charge on any atom is -0.456 e. The summed E-state index contributed by atoms with van der Waals surface area (Å²) in [5.41, 5.74) is 7.84. The Hall–Kier alpha value is -3.85. The van der Waals surface area contributed by atoms with E-state index >= 15 is 0 Å². The molecule has 6 rings (SSSR count). The Morgan fingerprint density at radius 3 is 2.61 bits per heavy atom. The van der Waals surface area contributed by atoms with Crippen LogP contribution in [-0.4, -0.2) is 53.0 Å². The highest BCUT2D eigenvalue weighted by atomic mass is 28.3. The van der Waals surface area contributed by atoms with Gasteiger partial charge < -0.3 is 14.2 Å². The van der Waals surface area contributed by atoms with Gasteiger partial charge in [-0.25, -0.2) is 4.98 Å². The lowest BCUT2D eigenvalue weighted by Crippen LogP contribution is -2.49. The van der Waals surface area contributed by atoms with Crippen LogP contribution in [0.25, 0.3) is 0 Å². The molecule has 3 aliphatic rings. The highest BCUT2D eigenvalue weighted by molar-refractivity contribution is 6.83. The van der Waals surface area contributed by atoms with Crippen LogP contribution < -0.4 is 4.74 Å². The van der Waals surface area contributed by atoms with E-state index in [1.165, 1.54) is 0 Å². The fraction of sp³-hybridized carbons (Fsp3) is 0.321. The molecule has 1 amide bonds. The lowest BCUT2D eigenvalue weighted by molar-refractivity contribution is -0.136. The van der Waals surface area contributed by atoms with Crippen molar-refractivity contribution < 1.29 is 9.53 Å². The first-order chi connectivity index (χ1) is 17.3. The Morgan fingerprint density at radius 2 is 1.83 bits per heavy atom. The van der Waals surface area contributed by atoms with Crippen molar-refractivity contribution in [3.63, 3.8) is 0 Å². The van der Waals surface area contributed by atoms with Gasteiger partial charge in [0.25, 0.3) is 0 Å². The average molecular weight is 496 g/mol. The first kappa shape index (κ1) is 23.9. The second-order valence-electron chi connectivity index (χ2n) is 10.4. The standard InChI is InChI=1S/C28H29N5O2Si/c1-36(2,3)11-8-22-6-7-26-13-24(22)17-32-10-9-31(19-28(32)34)18-25-15-30-20-33(25)16-21-4-5-23(14-29)27(12-21)35-26/h4-7,12-13,15,20H,9-10,16-19H2,1-3H3. The Balaban J connectivity index is 1.59. The predicted octanol–water partition coefficient (Wildman–Crippen LogP) is 3.98. The van der Waals surface area contributed by atoms with E-state index in [4.69, 9.17) is 4.74 Å². The molecule has 1 fully saturated rings. The molecule has 0 spiro atoms. The lowest BCUT2D eigenvalue weighted by Gasteiger charge is -2.34. The molecule has 1 saturated heterocycles. The first-order valence-electron chi connectivity index (χ1n) is 12.1. The number of nitriles is 1. The maximum absolute atomic E-state index is 13.1. The van der Waals surface area contributed by atoms with E-state index in [9.17, 15) is 10.1 Å². The summed E-state index contributed by atoms with van der Waals surface area (Å²) in [6, 6.07) is 13.7. The van der Waals surface area contributed by atoms with Gasteiger partial charge in [-0.05, 0) is 41.5 Å². The Bertz CT molecular complexity index is 1420. The van der Waals surface area contributed by atoms with Gasteiger partial charge in [-0.15, -0.1) is 5.54 Å². The fourth-order valence-electron chi connectivity index (χ4n) is 4.42. The lowest BCUT2D eigenvalue weighted by atomic mass is 10.1. The minimum atomic E-state index is -1.58. The van der Waals surface area contributed by atoms with Crippen molar-refractivity contribution in [2.75, 3.05) is 19.6 Å². The zero-order chi connectivity index (χ0) is 25.3. The molecule has 0 radical (unpaired) electrons. The number of nitrogens with zero attached hydrogens (tertiary/aromatic N) is 5. The molecule has 2 aromatic carbocycles. The smallest absolute Gasteiger partial charge is 0.237 e. The molecule has 3 aliphatic heterocycles. The Morgan fingerprint density at radius 1 is 1.00 bits per heavy atom. The highest BCUT2D eigenvalue weighted by Crippen LogP contribution is 2.29. The number of rotatable bonds is 0. The van der Waals surface area contributed by atoms with Gasteiger partial charge >= 0.3 is 0 Å². The second kappa shape index (κ2) is 9.66. The molecule has 182 valence electrons. The summed E-state index contributed by atoms with van der Waals surface area (Å²) in [6.45, 7) is 10.2. The Kier molecular flexibility index (Phi) is 6.40. The molecule has 8 heteroatoms. The number of ether oxygens (including phenoxy) is 1. The molecule has 6 bridgehead atoms. The number of aromatic nitrogens is 2. The summed E-state index contributed by atoms with van der Waals surface area (Å²) in [4.78, 5) is 21.5. The molecule has 1 unspecified atom stereocenters. The van der Waals surface area contributed by atoms with Gasteiger partial charge in [-0.1, -0.05) is 31.6 Å². The summed E-state index contributed by atoms with van der Waals surface area (Å²) >= 11 is 0. The summed E-state index contributed by atoms with van der Waals surface area (Å²) in [7, 11) is -1.58. The van der Waals surface area contributed by atoms with Crippen LogP contribution in [0.4, 0.5) is 0 Å². The van der Waals surface area contributed by atoms with Crippen LogP contribution in [0, 0.1) is 22.8 Å². The van der Waals surface area contributed by atoms with Gasteiger partial charge in [0.2, 0.25) is 5.91 Å². The molecule has 7 nitrogen and oxygen atoms in total. The van der Waals surface area contributed by atoms with E-state index < -0.39 is 8.07 Å². The van der Waals surface area contributed by atoms with E-state index in [2.05, 4.69) is 51.6 Å². The number of amides is 1. The number of imidazole rings is 1. The summed E-state index contributed by atoms with van der Waals surface area (Å²) in [5, 5.41) is 9.69. The number of benzene rings is 2. The SMILES string of the molecule is C[Si](C)(C)C#Cc1ccc2cc1CN1CCN(CC1=O)Cc1cncn1Cc1ccc(C#N)c(c1)O2. The molecule has 1 atom stereocenters. The normalized spacial score (nSPS) is 17.4. The van der Waals surface area contributed by atoms with Crippen molar-refractivity contribution in [1.82, 2.24) is 19.4 Å². The van der Waals surface area contributed by atoms with Crippen LogP contribution in [-0.2, 0) is 24.4 Å². The monoisotopic (exact) mass is 495 g/mol. The van der Waals surface area contributed by atoms with Crippen molar-refractivity contribution >= 4 is 14.0 Å². The molecule has 0 aliphatic carbocycles. The van der Waals surface area contributed by atoms with Crippen LogP contribution >= 0.6 is 0 Å². The molecule has 36 heavy (non-hydrogen) atoms. The maximum atomic E-state index is 13.1. The molecular formula is C28H29N5O2Si. The number of fused-ring (bicyclic) bond motifs is 2. The van der Waals surface area contributed by atoms with Crippen molar-refractivity contribution in [1.29, 1.82) is 5.26 Å². The van der Waals surface area contributed by atoms with Crippen LogP contribution in [0.3, 0.4) is 0 Å². The highest BCUT2D eigenvalue weighted by Gasteiger charge is 2.26. The minimum absolute atomic E-state index is 0.104. The molecule has 0 saturated carbocycles. The van der Waals surface area contributed by atoms with E-state index in [1.54, 1.807) is 6.07 Å². The van der Waals surface area contributed by atoms with Crippen LogP contribution in [0.1, 0.15) is 27.9 Å². The number of carbonyl (C=O) groups excluding carboxylic acids is 1. The molecule has 3 aromatic rings. The molecular weight excluding hydrogens is 466 g/mol. The van der Waals surface area contributed by atoms with Crippen LogP contribution in [0.5, 0.6) is 11.5 Å². The van der Waals surface area contributed by atoms with Gasteiger partial charge in [0, 0.05) is 44.5 Å². The average Bonchev–Trinajstić information content (AvgIpc) is 3.25. The zero-order valence-corrected chi connectivity index (χ0v) is 21.9. The first-order valence-corrected chi connectivity index (χ1v) is 15.6. The van der Waals surface area contributed by atoms with E-state index in [0.717, 1.165) is 28.9 Å². The summed E-state index contributed by atoms with van der Waals surface area (Å²) < 4.78 is 8.34. The van der Waals surface area contributed by atoms with Crippen molar-refractivity contribution in [3.05, 3.63) is 76.9 Å². The summed E-state index contributed by atoms with van der Waals surface area (Å²) in [6.07, 6.45) is 3.66. The second-order valence-corrected chi connectivity index (χ2v) is 15.2. The quantitative estimate of drug-likeness (QED) is 0.348.